The Kier molecular flexibility index (Phi) is 5.48. The molecule has 3 N–H and O–H groups in total. The summed E-state index contributed by atoms with van der Waals surface area (Å²) in [5.74, 6) is 5.23. The van der Waals surface area contributed by atoms with E-state index in [2.05, 4.69) is 26.3 Å². The highest BCUT2D eigenvalue weighted by Gasteiger charge is 2.12. The molecule has 0 fully saturated rings. The van der Waals surface area contributed by atoms with Crippen molar-refractivity contribution in [3.8, 4) is 0 Å². The van der Waals surface area contributed by atoms with Gasteiger partial charge in [-0.15, -0.1) is 0 Å². The van der Waals surface area contributed by atoms with Crippen LogP contribution in [-0.4, -0.2) is 11.0 Å². The molecule has 20 heavy (non-hydrogen) atoms. The highest BCUT2D eigenvalue weighted by molar-refractivity contribution is 9.10. The minimum atomic E-state index is -0.342. The molecule has 0 saturated heterocycles. The number of aromatic nitrogens is 1. The van der Waals surface area contributed by atoms with Gasteiger partial charge in [0.1, 0.15) is 5.82 Å². The summed E-state index contributed by atoms with van der Waals surface area (Å²) in [6, 6.07) is 8.22. The molecule has 1 heterocycles. The second-order valence-corrected chi connectivity index (χ2v) is 5.80. The molecule has 6 heteroatoms. The fourth-order valence-corrected chi connectivity index (χ4v) is 2.40. The second-order valence-electron chi connectivity index (χ2n) is 4.48. The van der Waals surface area contributed by atoms with E-state index >= 15 is 0 Å². The molecule has 3 nitrogen and oxygen atoms in total. The number of hydrogen-bond acceptors (Lipinski definition) is 3. The van der Waals surface area contributed by atoms with E-state index in [-0.39, 0.29) is 11.9 Å². The summed E-state index contributed by atoms with van der Waals surface area (Å²) in [6.45, 7) is 0. The van der Waals surface area contributed by atoms with Crippen molar-refractivity contribution in [2.45, 2.75) is 18.9 Å². The predicted octanol–water partition coefficient (Wildman–Crippen LogP) is 3.25. The van der Waals surface area contributed by atoms with Gasteiger partial charge in [0.25, 0.3) is 0 Å². The second kappa shape index (κ2) is 7.13. The van der Waals surface area contributed by atoms with E-state index in [9.17, 15) is 4.39 Å². The Labute approximate surface area is 130 Å². The van der Waals surface area contributed by atoms with Gasteiger partial charge < -0.3 is 0 Å². The van der Waals surface area contributed by atoms with E-state index in [1.165, 1.54) is 12.1 Å². The summed E-state index contributed by atoms with van der Waals surface area (Å²) in [6.07, 6.45) is 3.01. The zero-order chi connectivity index (χ0) is 14.5. The average Bonchev–Trinajstić information content (AvgIpc) is 2.43. The van der Waals surface area contributed by atoms with Crippen molar-refractivity contribution >= 4 is 27.5 Å². The smallest absolute Gasteiger partial charge is 0.124 e. The van der Waals surface area contributed by atoms with Crippen LogP contribution < -0.4 is 11.3 Å². The topological polar surface area (TPSA) is 50.9 Å². The summed E-state index contributed by atoms with van der Waals surface area (Å²) in [5.41, 5.74) is 4.53. The molecule has 0 saturated carbocycles. The lowest BCUT2D eigenvalue weighted by Gasteiger charge is -2.16. The Balaban J connectivity index is 2.07. The predicted molar refractivity (Wildman–Crippen MR) is 81.9 cm³/mol. The third-order valence-electron chi connectivity index (χ3n) is 2.96. The van der Waals surface area contributed by atoms with Gasteiger partial charge in [0.05, 0.1) is 0 Å². The number of pyridine rings is 1. The van der Waals surface area contributed by atoms with Gasteiger partial charge in [-0.05, 0) is 52.2 Å². The van der Waals surface area contributed by atoms with Gasteiger partial charge in [0.2, 0.25) is 0 Å². The van der Waals surface area contributed by atoms with Crippen LogP contribution in [0, 0.1) is 5.82 Å². The molecule has 0 aliphatic rings. The first-order valence-electron chi connectivity index (χ1n) is 6.09. The number of rotatable bonds is 5. The molecular weight excluding hydrogens is 345 g/mol. The van der Waals surface area contributed by atoms with Gasteiger partial charge in [-0.1, -0.05) is 17.7 Å². The van der Waals surface area contributed by atoms with Gasteiger partial charge in [-0.2, -0.15) is 0 Å². The molecule has 1 aromatic heterocycles. The lowest BCUT2D eigenvalue weighted by Crippen LogP contribution is -2.38. The number of nitrogens with one attached hydrogen (secondary N) is 1. The lowest BCUT2D eigenvalue weighted by atomic mass is 10.0. The van der Waals surface area contributed by atoms with Crippen molar-refractivity contribution in [3.05, 3.63) is 63.1 Å². The van der Waals surface area contributed by atoms with Crippen molar-refractivity contribution in [1.82, 2.24) is 10.4 Å². The van der Waals surface area contributed by atoms with E-state index in [1.54, 1.807) is 12.3 Å². The minimum Gasteiger partial charge on any atom is -0.271 e. The maximum Gasteiger partial charge on any atom is 0.124 e. The lowest BCUT2D eigenvalue weighted by molar-refractivity contribution is 0.517. The van der Waals surface area contributed by atoms with Gasteiger partial charge in [0.15, 0.2) is 0 Å². The van der Waals surface area contributed by atoms with Crippen LogP contribution in [0.25, 0.3) is 0 Å². The Morgan fingerprint density at radius 2 is 2.10 bits per heavy atom. The zero-order valence-electron chi connectivity index (χ0n) is 10.6. The van der Waals surface area contributed by atoms with Crippen molar-refractivity contribution < 1.29 is 4.39 Å². The molecule has 2 rings (SSSR count). The number of benzene rings is 1. The minimum absolute atomic E-state index is 0.0216. The number of halogens is 3. The Morgan fingerprint density at radius 3 is 2.70 bits per heavy atom. The number of hydrazine groups is 1. The van der Waals surface area contributed by atoms with Crippen LogP contribution in [0.15, 0.2) is 41.0 Å². The maximum absolute atomic E-state index is 13.0. The molecular formula is C14H14BrClFN3. The maximum atomic E-state index is 13.0. The summed E-state index contributed by atoms with van der Waals surface area (Å²) in [5, 5.41) is 0.411. The number of nitrogens with zero attached hydrogens (tertiary/aromatic N) is 1. The van der Waals surface area contributed by atoms with Crippen LogP contribution >= 0.6 is 27.5 Å². The van der Waals surface area contributed by atoms with Crippen LogP contribution in [0.4, 0.5) is 4.39 Å². The van der Waals surface area contributed by atoms with Crippen LogP contribution in [0.1, 0.15) is 11.3 Å². The molecule has 0 amide bonds. The van der Waals surface area contributed by atoms with Gasteiger partial charge in [-0.25, -0.2) is 4.39 Å². The zero-order valence-corrected chi connectivity index (χ0v) is 13.0. The third kappa shape index (κ3) is 4.24. The number of hydrogen-bond donors (Lipinski definition) is 2. The third-order valence-corrected chi connectivity index (χ3v) is 3.78. The number of nitrogens with two attached hydrogens (primary N) is 1. The molecule has 0 aliphatic heterocycles. The first-order chi connectivity index (χ1) is 9.58. The summed E-state index contributed by atoms with van der Waals surface area (Å²) < 4.78 is 13.9. The van der Waals surface area contributed by atoms with E-state index in [0.717, 1.165) is 15.7 Å². The van der Waals surface area contributed by atoms with E-state index in [4.69, 9.17) is 17.4 Å². The molecule has 1 atom stereocenters. The molecule has 0 radical (unpaired) electrons. The summed E-state index contributed by atoms with van der Waals surface area (Å²) in [7, 11) is 0. The molecule has 0 bridgehead atoms. The summed E-state index contributed by atoms with van der Waals surface area (Å²) >= 11 is 9.37. The Morgan fingerprint density at radius 1 is 1.30 bits per heavy atom. The van der Waals surface area contributed by atoms with E-state index < -0.39 is 0 Å². The first kappa shape index (κ1) is 15.4. The van der Waals surface area contributed by atoms with Crippen LogP contribution in [-0.2, 0) is 12.8 Å². The summed E-state index contributed by atoms with van der Waals surface area (Å²) in [4.78, 5) is 4.31. The molecule has 0 spiro atoms. The van der Waals surface area contributed by atoms with Crippen molar-refractivity contribution in [3.63, 3.8) is 0 Å². The van der Waals surface area contributed by atoms with E-state index in [1.807, 2.05) is 12.1 Å². The average molecular weight is 359 g/mol. The molecule has 2 aromatic rings. The fourth-order valence-electron chi connectivity index (χ4n) is 1.92. The quantitative estimate of drug-likeness (QED) is 0.637. The standard InChI is InChI=1S/C14H14BrClFN3/c15-10-2-4-12(19-8-10)7-13(20-18)5-9-1-3-11(17)6-14(9)16/h1-4,6,8,13,20H,5,7,18H2. The molecule has 106 valence electrons. The van der Waals surface area contributed by atoms with Gasteiger partial charge in [-0.3, -0.25) is 16.3 Å². The van der Waals surface area contributed by atoms with Crippen molar-refractivity contribution in [2.24, 2.45) is 5.84 Å². The SMILES string of the molecule is NNC(Cc1ccc(Br)cn1)Cc1ccc(F)cc1Cl. The molecule has 1 aromatic carbocycles. The normalized spacial score (nSPS) is 12.4. The fraction of sp³-hybridized carbons (Fsp3) is 0.214. The highest BCUT2D eigenvalue weighted by Crippen LogP contribution is 2.19. The Hall–Kier alpha value is -1.01. The van der Waals surface area contributed by atoms with Crippen LogP contribution in [0.3, 0.4) is 0 Å². The van der Waals surface area contributed by atoms with E-state index in [0.29, 0.717) is 17.9 Å². The molecule has 0 aliphatic carbocycles. The van der Waals surface area contributed by atoms with Crippen molar-refractivity contribution in [2.75, 3.05) is 0 Å². The first-order valence-corrected chi connectivity index (χ1v) is 7.26. The Bertz CT molecular complexity index is 577. The van der Waals surface area contributed by atoms with Crippen LogP contribution in [0.2, 0.25) is 5.02 Å². The monoisotopic (exact) mass is 357 g/mol. The van der Waals surface area contributed by atoms with Gasteiger partial charge >= 0.3 is 0 Å². The van der Waals surface area contributed by atoms with Gasteiger partial charge in [0, 0.05) is 33.8 Å². The largest absolute Gasteiger partial charge is 0.271 e. The van der Waals surface area contributed by atoms with Crippen LogP contribution in [0.5, 0.6) is 0 Å². The highest BCUT2D eigenvalue weighted by atomic mass is 79.9. The van der Waals surface area contributed by atoms with Crippen molar-refractivity contribution in [1.29, 1.82) is 0 Å². The molecule has 1 unspecified atom stereocenters.